The third-order valence-electron chi connectivity index (χ3n) is 5.80. The van der Waals surface area contributed by atoms with Gasteiger partial charge < -0.3 is 14.2 Å². The van der Waals surface area contributed by atoms with Crippen LogP contribution in [-0.4, -0.2) is 33.0 Å². The number of ether oxygens (including phenoxy) is 3. The van der Waals surface area contributed by atoms with E-state index in [1.165, 1.54) is 0 Å². The molecule has 0 bridgehead atoms. The van der Waals surface area contributed by atoms with Crippen molar-refractivity contribution < 1.29 is 23.8 Å². The van der Waals surface area contributed by atoms with E-state index in [4.69, 9.17) is 14.2 Å². The van der Waals surface area contributed by atoms with Crippen molar-refractivity contribution in [2.24, 2.45) is 0 Å². The van der Waals surface area contributed by atoms with Crippen LogP contribution in [0.5, 0.6) is 17.2 Å². The van der Waals surface area contributed by atoms with E-state index in [-0.39, 0.29) is 24.0 Å². The Hall–Kier alpha value is -3.28. The molecule has 0 radical (unpaired) electrons. The highest BCUT2D eigenvalue weighted by molar-refractivity contribution is 6.07. The Balaban J connectivity index is 1.86. The summed E-state index contributed by atoms with van der Waals surface area (Å²) in [6.07, 6.45) is 2.11. The van der Waals surface area contributed by atoms with Gasteiger partial charge in [-0.25, -0.2) is 0 Å². The molecule has 1 unspecified atom stereocenters. The number of benzene rings is 2. The molecule has 1 aliphatic carbocycles. The van der Waals surface area contributed by atoms with Gasteiger partial charge in [0.05, 0.1) is 27.0 Å². The standard InChI is InChI=1S/C24H25NO5/c1-28-16-7-4-6-15(12-16)25-20-8-5-9-21(26)24(20)19(14-23(25)27)18-11-10-17(29-2)13-22(18)30-3/h4,6-7,10-13,19H,5,8-9,14H2,1-3H3. The summed E-state index contributed by atoms with van der Waals surface area (Å²) >= 11 is 0. The van der Waals surface area contributed by atoms with Crippen molar-refractivity contribution in [2.45, 2.75) is 31.6 Å². The van der Waals surface area contributed by atoms with Crippen LogP contribution in [0.2, 0.25) is 0 Å². The van der Waals surface area contributed by atoms with Crippen LogP contribution in [-0.2, 0) is 9.59 Å². The number of allylic oxidation sites excluding steroid dienone is 2. The van der Waals surface area contributed by atoms with Gasteiger partial charge in [-0.2, -0.15) is 0 Å². The van der Waals surface area contributed by atoms with Gasteiger partial charge in [-0.3, -0.25) is 14.5 Å². The van der Waals surface area contributed by atoms with Gasteiger partial charge in [0.25, 0.3) is 0 Å². The summed E-state index contributed by atoms with van der Waals surface area (Å²) < 4.78 is 16.2. The third kappa shape index (κ3) is 3.43. The Morgan fingerprint density at radius 2 is 1.67 bits per heavy atom. The van der Waals surface area contributed by atoms with Crippen LogP contribution >= 0.6 is 0 Å². The molecule has 0 spiro atoms. The van der Waals surface area contributed by atoms with E-state index in [0.29, 0.717) is 35.7 Å². The zero-order chi connectivity index (χ0) is 21.3. The number of anilines is 1. The van der Waals surface area contributed by atoms with Crippen molar-refractivity contribution in [3.05, 3.63) is 59.3 Å². The van der Waals surface area contributed by atoms with Gasteiger partial charge >= 0.3 is 0 Å². The Bertz CT molecular complexity index is 1030. The van der Waals surface area contributed by atoms with Gasteiger partial charge in [-0.05, 0) is 31.0 Å². The highest BCUT2D eigenvalue weighted by Gasteiger charge is 2.40. The lowest BCUT2D eigenvalue weighted by atomic mass is 9.77. The number of hydrogen-bond donors (Lipinski definition) is 0. The summed E-state index contributed by atoms with van der Waals surface area (Å²) in [7, 11) is 4.78. The highest BCUT2D eigenvalue weighted by atomic mass is 16.5. The molecule has 2 aliphatic rings. The average molecular weight is 407 g/mol. The van der Waals surface area contributed by atoms with Crippen LogP contribution in [0.15, 0.2) is 53.7 Å². The van der Waals surface area contributed by atoms with Crippen LogP contribution in [0.3, 0.4) is 0 Å². The minimum absolute atomic E-state index is 0.0421. The zero-order valence-electron chi connectivity index (χ0n) is 17.4. The SMILES string of the molecule is COc1cccc(N2C(=O)CC(c3ccc(OC)cc3OC)C3=C2CCCC3=O)c1. The topological polar surface area (TPSA) is 65.1 Å². The molecule has 6 heteroatoms. The first-order valence-corrected chi connectivity index (χ1v) is 10.0. The van der Waals surface area contributed by atoms with E-state index < -0.39 is 0 Å². The summed E-state index contributed by atoms with van der Waals surface area (Å²) in [6.45, 7) is 0. The van der Waals surface area contributed by atoms with Crippen molar-refractivity contribution in [3.8, 4) is 17.2 Å². The van der Waals surface area contributed by atoms with Crippen LogP contribution in [0, 0.1) is 0 Å². The van der Waals surface area contributed by atoms with Crippen molar-refractivity contribution >= 4 is 17.4 Å². The highest BCUT2D eigenvalue weighted by Crippen LogP contribution is 2.46. The number of ketones is 1. The summed E-state index contributed by atoms with van der Waals surface area (Å²) in [5.41, 5.74) is 3.06. The van der Waals surface area contributed by atoms with Crippen molar-refractivity contribution in [3.63, 3.8) is 0 Å². The second-order valence-electron chi connectivity index (χ2n) is 7.43. The molecule has 0 saturated heterocycles. The first-order valence-electron chi connectivity index (χ1n) is 10.0. The van der Waals surface area contributed by atoms with Crippen LogP contribution in [0.1, 0.15) is 37.2 Å². The molecule has 0 aromatic heterocycles. The minimum atomic E-state index is -0.331. The van der Waals surface area contributed by atoms with Gasteiger partial charge in [-0.15, -0.1) is 0 Å². The van der Waals surface area contributed by atoms with Crippen LogP contribution in [0.4, 0.5) is 5.69 Å². The molecule has 1 atom stereocenters. The molecule has 2 aromatic carbocycles. The summed E-state index contributed by atoms with van der Waals surface area (Å²) in [6, 6.07) is 12.9. The number of nitrogens with zero attached hydrogens (tertiary/aromatic N) is 1. The maximum Gasteiger partial charge on any atom is 0.232 e. The molecule has 1 heterocycles. The Kier molecular flexibility index (Phi) is 5.48. The Labute approximate surface area is 176 Å². The molecule has 30 heavy (non-hydrogen) atoms. The number of carbonyl (C=O) groups is 2. The second-order valence-corrected chi connectivity index (χ2v) is 7.43. The number of amides is 1. The predicted octanol–water partition coefficient (Wildman–Crippen LogP) is 4.24. The smallest absolute Gasteiger partial charge is 0.232 e. The maximum absolute atomic E-state index is 13.3. The predicted molar refractivity (Wildman–Crippen MR) is 113 cm³/mol. The lowest BCUT2D eigenvalue weighted by Gasteiger charge is -2.38. The van der Waals surface area contributed by atoms with Crippen LogP contribution in [0.25, 0.3) is 0 Å². The third-order valence-corrected chi connectivity index (χ3v) is 5.80. The molecule has 156 valence electrons. The van der Waals surface area contributed by atoms with Gasteiger partial charge in [-0.1, -0.05) is 12.1 Å². The van der Waals surface area contributed by atoms with Gasteiger partial charge in [0.1, 0.15) is 17.2 Å². The molecule has 1 amide bonds. The first-order chi connectivity index (χ1) is 14.6. The fourth-order valence-corrected chi connectivity index (χ4v) is 4.41. The van der Waals surface area contributed by atoms with Gasteiger partial charge in [0, 0.05) is 47.7 Å². The summed E-state index contributed by atoms with van der Waals surface area (Å²) in [5.74, 6) is 1.68. The molecule has 1 aliphatic heterocycles. The average Bonchev–Trinajstić information content (AvgIpc) is 2.78. The van der Waals surface area contributed by atoms with Crippen molar-refractivity contribution in [1.82, 2.24) is 0 Å². The van der Waals surface area contributed by atoms with E-state index >= 15 is 0 Å². The quantitative estimate of drug-likeness (QED) is 0.742. The minimum Gasteiger partial charge on any atom is -0.497 e. The lowest BCUT2D eigenvalue weighted by Crippen LogP contribution is -2.40. The fourth-order valence-electron chi connectivity index (χ4n) is 4.41. The van der Waals surface area contributed by atoms with E-state index in [1.54, 1.807) is 32.3 Å². The maximum atomic E-state index is 13.3. The lowest BCUT2D eigenvalue weighted by molar-refractivity contribution is -0.119. The number of rotatable bonds is 5. The van der Waals surface area contributed by atoms with E-state index in [0.717, 1.165) is 23.4 Å². The monoisotopic (exact) mass is 407 g/mol. The molecule has 6 nitrogen and oxygen atoms in total. The Morgan fingerprint density at radius 3 is 2.40 bits per heavy atom. The molecule has 4 rings (SSSR count). The van der Waals surface area contributed by atoms with Gasteiger partial charge in [0.15, 0.2) is 5.78 Å². The fraction of sp³-hybridized carbons (Fsp3) is 0.333. The second kappa shape index (κ2) is 8.22. The van der Waals surface area contributed by atoms with E-state index in [1.807, 2.05) is 36.4 Å². The van der Waals surface area contributed by atoms with Crippen molar-refractivity contribution in [1.29, 1.82) is 0 Å². The molecule has 0 N–H and O–H groups in total. The largest absolute Gasteiger partial charge is 0.497 e. The molecule has 2 aromatic rings. The van der Waals surface area contributed by atoms with E-state index in [9.17, 15) is 9.59 Å². The summed E-state index contributed by atoms with van der Waals surface area (Å²) in [5, 5.41) is 0. The molecular weight excluding hydrogens is 382 g/mol. The number of methoxy groups -OCH3 is 3. The molecule has 0 saturated carbocycles. The van der Waals surface area contributed by atoms with Crippen LogP contribution < -0.4 is 19.1 Å². The normalized spacial score (nSPS) is 18.9. The van der Waals surface area contributed by atoms with Crippen molar-refractivity contribution in [2.75, 3.05) is 26.2 Å². The first kappa shape index (κ1) is 20.0. The van der Waals surface area contributed by atoms with E-state index in [2.05, 4.69) is 0 Å². The van der Waals surface area contributed by atoms with Gasteiger partial charge in [0.2, 0.25) is 5.91 Å². The number of Topliss-reactive ketones (excluding diaryl/α,β-unsaturated/α-hetero) is 1. The summed E-state index contributed by atoms with van der Waals surface area (Å²) in [4.78, 5) is 28.1. The molecule has 0 fully saturated rings. The number of carbonyl (C=O) groups excluding carboxylic acids is 2. The molecular formula is C24H25NO5. The Morgan fingerprint density at radius 1 is 0.900 bits per heavy atom. The zero-order valence-corrected chi connectivity index (χ0v) is 17.4. The number of hydrogen-bond acceptors (Lipinski definition) is 5.